The van der Waals surface area contributed by atoms with Crippen LogP contribution >= 0.6 is 0 Å². The van der Waals surface area contributed by atoms with Crippen LogP contribution in [0.2, 0.25) is 0 Å². The molecule has 5 N–H and O–H groups in total. The minimum atomic E-state index is -4.67. The molecule has 33 heavy (non-hydrogen) atoms. The molecule has 14 nitrogen and oxygen atoms in total. The molecule has 0 aliphatic carbocycles. The van der Waals surface area contributed by atoms with Crippen molar-refractivity contribution in [3.05, 3.63) is 24.8 Å². The number of nitrogen functional groups attached to an aromatic ring is 1. The molecular formula is C17H22N8O6S2. The van der Waals surface area contributed by atoms with Crippen molar-refractivity contribution in [2.24, 2.45) is 0 Å². The SMILES string of the molecule is CC(C)S(=O)(=O)N1CC(CC#N)(n2cc(-c3ncnc4[nH]ccc34)c(N)n2)C1.O=S(=O)(O)O. The van der Waals surface area contributed by atoms with Gasteiger partial charge >= 0.3 is 10.4 Å². The van der Waals surface area contributed by atoms with Gasteiger partial charge in [-0.2, -0.15) is 23.1 Å². The molecule has 0 spiro atoms. The Kier molecular flexibility index (Phi) is 6.46. The Bertz CT molecular complexity index is 1410. The van der Waals surface area contributed by atoms with Crippen molar-refractivity contribution in [3.63, 3.8) is 0 Å². The number of hydrogen-bond donors (Lipinski definition) is 4. The molecule has 1 aliphatic rings. The highest BCUT2D eigenvalue weighted by molar-refractivity contribution is 7.89. The van der Waals surface area contributed by atoms with Crippen molar-refractivity contribution in [1.29, 1.82) is 5.26 Å². The van der Waals surface area contributed by atoms with Gasteiger partial charge in [-0.05, 0) is 19.9 Å². The van der Waals surface area contributed by atoms with Crippen molar-refractivity contribution in [3.8, 4) is 17.3 Å². The quantitative estimate of drug-likeness (QED) is 0.353. The van der Waals surface area contributed by atoms with Crippen LogP contribution in [0, 0.1) is 11.3 Å². The van der Waals surface area contributed by atoms with E-state index in [0.717, 1.165) is 5.39 Å². The summed E-state index contributed by atoms with van der Waals surface area (Å²) in [5, 5.41) is 14.0. The highest BCUT2D eigenvalue weighted by atomic mass is 32.3. The number of sulfonamides is 1. The summed E-state index contributed by atoms with van der Waals surface area (Å²) in [4.78, 5) is 11.5. The largest absolute Gasteiger partial charge is 0.394 e. The van der Waals surface area contributed by atoms with Gasteiger partial charge in [-0.25, -0.2) is 18.4 Å². The third kappa shape index (κ3) is 4.96. The number of aromatic amines is 1. The average molecular weight is 499 g/mol. The van der Waals surface area contributed by atoms with Crippen molar-refractivity contribution < 1.29 is 25.9 Å². The zero-order valence-corrected chi connectivity index (χ0v) is 19.2. The fraction of sp³-hybridized carbons (Fsp3) is 0.412. The Hall–Kier alpha value is -3.10. The molecule has 3 aromatic rings. The topological polar surface area (TPSA) is 221 Å². The number of nitrogens with zero attached hydrogens (tertiary/aromatic N) is 6. The van der Waals surface area contributed by atoms with E-state index in [2.05, 4.69) is 26.1 Å². The zero-order valence-electron chi connectivity index (χ0n) is 17.6. The second kappa shape index (κ2) is 8.68. The van der Waals surface area contributed by atoms with Gasteiger partial charge < -0.3 is 10.7 Å². The number of anilines is 1. The number of hydrogen-bond acceptors (Lipinski definition) is 9. The van der Waals surface area contributed by atoms with E-state index in [1.165, 1.54) is 10.6 Å². The molecule has 16 heteroatoms. The van der Waals surface area contributed by atoms with Crippen LogP contribution in [-0.2, 0) is 26.0 Å². The Balaban J connectivity index is 0.000000555. The van der Waals surface area contributed by atoms with Gasteiger partial charge in [-0.15, -0.1) is 0 Å². The smallest absolute Gasteiger partial charge is 0.382 e. The number of nitrogens with two attached hydrogens (primary N) is 1. The number of H-pyrrole nitrogens is 1. The Morgan fingerprint density at radius 3 is 2.48 bits per heavy atom. The monoisotopic (exact) mass is 498 g/mol. The molecule has 178 valence electrons. The normalized spacial score (nSPS) is 16.1. The first kappa shape index (κ1) is 24.5. The number of rotatable bonds is 5. The summed E-state index contributed by atoms with van der Waals surface area (Å²) in [5.41, 5.74) is 7.35. The standard InChI is InChI=1S/C17H20N8O2S.H2O4S/c1-11(2)28(26,27)24-8-17(9-24,4-5-18)25-7-13(15(19)23-25)14-12-3-6-20-16(12)22-10-21-14;1-5(2,3)4/h3,6-7,10-11H,4,8-9H2,1-2H3,(H2,19,23)(H,20,21,22);(H2,1,2,3,4). The lowest BCUT2D eigenvalue weighted by atomic mass is 9.89. The predicted octanol–water partition coefficient (Wildman–Crippen LogP) is 0.414. The van der Waals surface area contributed by atoms with Crippen LogP contribution in [0.3, 0.4) is 0 Å². The van der Waals surface area contributed by atoms with Crippen molar-refractivity contribution >= 4 is 37.3 Å². The van der Waals surface area contributed by atoms with E-state index in [1.807, 2.05) is 6.07 Å². The van der Waals surface area contributed by atoms with Crippen LogP contribution in [0.1, 0.15) is 20.3 Å². The van der Waals surface area contributed by atoms with Gasteiger partial charge in [-0.1, -0.05) is 0 Å². The summed E-state index contributed by atoms with van der Waals surface area (Å²) in [7, 11) is -8.05. The second-order valence-electron chi connectivity index (χ2n) is 7.70. The summed E-state index contributed by atoms with van der Waals surface area (Å²) in [6, 6.07) is 4.00. The van der Waals surface area contributed by atoms with Crippen molar-refractivity contribution in [1.82, 2.24) is 29.0 Å². The first-order chi connectivity index (χ1) is 15.3. The fourth-order valence-corrected chi connectivity index (χ4v) is 4.91. The van der Waals surface area contributed by atoms with Gasteiger partial charge in [0.1, 0.15) is 17.5 Å². The van der Waals surface area contributed by atoms with Crippen LogP contribution in [0.5, 0.6) is 0 Å². The molecule has 4 rings (SSSR count). The van der Waals surface area contributed by atoms with Crippen molar-refractivity contribution in [2.75, 3.05) is 18.8 Å². The molecular weight excluding hydrogens is 476 g/mol. The van der Waals surface area contributed by atoms with Gasteiger partial charge in [0.05, 0.1) is 29.0 Å². The fourth-order valence-electron chi connectivity index (χ4n) is 3.47. The Morgan fingerprint density at radius 1 is 1.27 bits per heavy atom. The van der Waals surface area contributed by atoms with E-state index in [9.17, 15) is 13.7 Å². The van der Waals surface area contributed by atoms with E-state index in [0.29, 0.717) is 16.9 Å². The zero-order chi connectivity index (χ0) is 24.6. The summed E-state index contributed by atoms with van der Waals surface area (Å²) in [6.45, 7) is 3.65. The van der Waals surface area contributed by atoms with Gasteiger partial charge in [0, 0.05) is 30.9 Å². The molecule has 0 saturated carbocycles. The van der Waals surface area contributed by atoms with E-state index in [1.54, 1.807) is 30.9 Å². The molecule has 1 saturated heterocycles. The summed E-state index contributed by atoms with van der Waals surface area (Å²) < 4.78 is 59.4. The lowest BCUT2D eigenvalue weighted by molar-refractivity contribution is 0.0714. The van der Waals surface area contributed by atoms with E-state index in [-0.39, 0.29) is 25.3 Å². The van der Waals surface area contributed by atoms with Gasteiger partial charge in [0.15, 0.2) is 5.82 Å². The van der Waals surface area contributed by atoms with Gasteiger partial charge in [0.25, 0.3) is 0 Å². The third-order valence-corrected chi connectivity index (χ3v) is 7.31. The molecule has 0 unspecified atom stereocenters. The minimum Gasteiger partial charge on any atom is -0.382 e. The maximum Gasteiger partial charge on any atom is 0.394 e. The number of aromatic nitrogens is 5. The summed E-state index contributed by atoms with van der Waals surface area (Å²) >= 11 is 0. The van der Waals surface area contributed by atoms with Gasteiger partial charge in [-0.3, -0.25) is 13.8 Å². The molecule has 1 fully saturated rings. The lowest BCUT2D eigenvalue weighted by Crippen LogP contribution is -2.65. The van der Waals surface area contributed by atoms with Crippen LogP contribution in [0.4, 0.5) is 5.82 Å². The van der Waals surface area contributed by atoms with Crippen molar-refractivity contribution in [2.45, 2.75) is 31.1 Å². The van der Waals surface area contributed by atoms with Crippen LogP contribution in [0.25, 0.3) is 22.3 Å². The molecule has 0 amide bonds. The second-order valence-corrected chi connectivity index (χ2v) is 11.1. The van der Waals surface area contributed by atoms with Crippen LogP contribution < -0.4 is 5.73 Å². The third-order valence-electron chi connectivity index (χ3n) is 5.14. The minimum absolute atomic E-state index is 0.126. The molecule has 4 heterocycles. The maximum absolute atomic E-state index is 12.4. The number of nitrogens with one attached hydrogen (secondary N) is 1. The van der Waals surface area contributed by atoms with E-state index in [4.69, 9.17) is 23.3 Å². The van der Waals surface area contributed by atoms with Crippen LogP contribution in [0.15, 0.2) is 24.8 Å². The summed E-state index contributed by atoms with van der Waals surface area (Å²) in [6.07, 6.45) is 5.07. The average Bonchev–Trinajstić information content (AvgIpc) is 3.29. The Labute approximate surface area is 189 Å². The molecule has 0 aromatic carbocycles. The van der Waals surface area contributed by atoms with E-state index < -0.39 is 31.2 Å². The highest BCUT2D eigenvalue weighted by Crippen LogP contribution is 2.38. The molecule has 0 radical (unpaired) electrons. The first-order valence-electron chi connectivity index (χ1n) is 9.48. The molecule has 3 aromatic heterocycles. The molecule has 0 atom stereocenters. The molecule has 1 aliphatic heterocycles. The predicted molar refractivity (Wildman–Crippen MR) is 118 cm³/mol. The Morgan fingerprint density at radius 2 is 1.91 bits per heavy atom. The van der Waals surface area contributed by atoms with Gasteiger partial charge in [0.2, 0.25) is 10.0 Å². The highest BCUT2D eigenvalue weighted by Gasteiger charge is 2.51. The molecule has 0 bridgehead atoms. The van der Waals surface area contributed by atoms with Crippen LogP contribution in [-0.4, -0.2) is 73.3 Å². The first-order valence-corrected chi connectivity index (χ1v) is 12.4. The summed E-state index contributed by atoms with van der Waals surface area (Å²) in [5.74, 6) is 0.267. The number of nitriles is 1. The lowest BCUT2D eigenvalue weighted by Gasteiger charge is -2.48. The number of fused-ring (bicyclic) bond motifs is 1. The van der Waals surface area contributed by atoms with E-state index >= 15 is 0 Å². The maximum atomic E-state index is 12.4.